The Bertz CT molecular complexity index is 2630. The quantitative estimate of drug-likeness (QED) is 0.187. The molecule has 8 aromatic carbocycles. The molecule has 212 valence electrons. The second-order valence-corrected chi connectivity index (χ2v) is 12.8. The van der Waals surface area contributed by atoms with E-state index in [2.05, 4.69) is 158 Å². The fraction of sp³-hybridized carbons (Fsp3) is 0.0222. The van der Waals surface area contributed by atoms with Crippen molar-refractivity contribution in [3.05, 3.63) is 180 Å². The first-order chi connectivity index (χ1) is 22.8. The normalized spacial score (nSPS) is 16.1. The zero-order valence-corrected chi connectivity index (χ0v) is 24.9. The molecule has 0 aromatic heterocycles. The fourth-order valence-corrected chi connectivity index (χ4v) is 8.95. The van der Waals surface area contributed by atoms with Crippen LogP contribution in [0.25, 0.3) is 66.1 Å². The average molecular weight is 583 g/mol. The van der Waals surface area contributed by atoms with Crippen LogP contribution in [0.2, 0.25) is 0 Å². The molecule has 1 spiro atoms. The molecule has 1 heteroatoms. The SMILES string of the molecule is c1ccc2c(c1)Oc1cccc3cc(-c4cccc5c4C4(c6ccccc6-5)c5ccccc5-c5c4ccc4ccccc54)cc-2c13. The zero-order valence-electron chi connectivity index (χ0n) is 24.9. The van der Waals surface area contributed by atoms with Gasteiger partial charge in [0.2, 0.25) is 0 Å². The summed E-state index contributed by atoms with van der Waals surface area (Å²) < 4.78 is 6.40. The largest absolute Gasteiger partial charge is 0.456 e. The third kappa shape index (κ3) is 2.87. The van der Waals surface area contributed by atoms with Crippen LogP contribution in [-0.2, 0) is 5.41 Å². The van der Waals surface area contributed by atoms with Crippen molar-refractivity contribution in [2.75, 3.05) is 0 Å². The predicted molar refractivity (Wildman–Crippen MR) is 189 cm³/mol. The highest BCUT2D eigenvalue weighted by Gasteiger charge is 2.53. The molecule has 0 radical (unpaired) electrons. The van der Waals surface area contributed by atoms with Gasteiger partial charge in [-0.15, -0.1) is 0 Å². The number of benzene rings is 8. The van der Waals surface area contributed by atoms with Crippen molar-refractivity contribution < 1.29 is 4.74 Å². The average Bonchev–Trinajstić information content (AvgIpc) is 3.59. The van der Waals surface area contributed by atoms with E-state index in [1.807, 2.05) is 0 Å². The lowest BCUT2D eigenvalue weighted by atomic mass is 9.68. The third-order valence-corrected chi connectivity index (χ3v) is 10.6. The number of fused-ring (bicyclic) bond motifs is 14. The Labute approximate surface area is 267 Å². The lowest BCUT2D eigenvalue weighted by Crippen LogP contribution is -2.26. The summed E-state index contributed by atoms with van der Waals surface area (Å²) in [6, 6.07) is 58.3. The molecule has 46 heavy (non-hydrogen) atoms. The number of rotatable bonds is 1. The molecule has 0 saturated heterocycles. The lowest BCUT2D eigenvalue weighted by Gasteiger charge is -2.32. The van der Waals surface area contributed by atoms with Gasteiger partial charge in [0.15, 0.2) is 0 Å². The van der Waals surface area contributed by atoms with E-state index in [1.54, 1.807) is 0 Å². The number of hydrogen-bond acceptors (Lipinski definition) is 1. The van der Waals surface area contributed by atoms with Crippen LogP contribution in [-0.4, -0.2) is 0 Å². The number of hydrogen-bond donors (Lipinski definition) is 0. The monoisotopic (exact) mass is 582 g/mol. The van der Waals surface area contributed by atoms with E-state index in [0.717, 1.165) is 17.1 Å². The summed E-state index contributed by atoms with van der Waals surface area (Å²) in [5, 5.41) is 4.96. The predicted octanol–water partition coefficient (Wildman–Crippen LogP) is 11.8. The topological polar surface area (TPSA) is 9.23 Å². The minimum atomic E-state index is -0.437. The summed E-state index contributed by atoms with van der Waals surface area (Å²) in [7, 11) is 0. The number of para-hydroxylation sites is 1. The molecule has 8 aromatic rings. The van der Waals surface area contributed by atoms with Gasteiger partial charge in [-0.3, -0.25) is 0 Å². The fourth-order valence-electron chi connectivity index (χ4n) is 8.95. The van der Waals surface area contributed by atoms with Gasteiger partial charge in [-0.25, -0.2) is 0 Å². The summed E-state index contributed by atoms with van der Waals surface area (Å²) in [6.45, 7) is 0. The Kier molecular flexibility index (Phi) is 4.57. The van der Waals surface area contributed by atoms with Gasteiger partial charge in [0.1, 0.15) is 11.5 Å². The van der Waals surface area contributed by atoms with Crippen LogP contribution in [0.1, 0.15) is 22.3 Å². The Morgan fingerprint density at radius 3 is 1.96 bits per heavy atom. The van der Waals surface area contributed by atoms with Gasteiger partial charge >= 0.3 is 0 Å². The van der Waals surface area contributed by atoms with Crippen molar-refractivity contribution in [3.63, 3.8) is 0 Å². The van der Waals surface area contributed by atoms with Crippen LogP contribution >= 0.6 is 0 Å². The maximum absolute atomic E-state index is 6.40. The molecule has 1 atom stereocenters. The molecule has 1 nitrogen and oxygen atoms in total. The van der Waals surface area contributed by atoms with E-state index >= 15 is 0 Å². The Hall–Kier alpha value is -5.92. The Balaban J connectivity index is 1.30. The van der Waals surface area contributed by atoms with E-state index < -0.39 is 5.41 Å². The molecule has 1 heterocycles. The molecule has 11 rings (SSSR count). The first kappa shape index (κ1) is 24.4. The van der Waals surface area contributed by atoms with Crippen LogP contribution < -0.4 is 4.74 Å². The summed E-state index contributed by atoms with van der Waals surface area (Å²) in [4.78, 5) is 0. The van der Waals surface area contributed by atoms with Gasteiger partial charge in [0, 0.05) is 10.9 Å². The highest BCUT2D eigenvalue weighted by Crippen LogP contribution is 2.65. The summed E-state index contributed by atoms with van der Waals surface area (Å²) in [5.74, 6) is 1.83. The molecule has 0 amide bonds. The Morgan fingerprint density at radius 2 is 1.04 bits per heavy atom. The van der Waals surface area contributed by atoms with E-state index in [-0.39, 0.29) is 0 Å². The zero-order chi connectivity index (χ0) is 30.0. The van der Waals surface area contributed by atoms with E-state index in [0.29, 0.717) is 0 Å². The van der Waals surface area contributed by atoms with Gasteiger partial charge in [-0.05, 0) is 102 Å². The molecule has 3 aliphatic rings. The van der Waals surface area contributed by atoms with Crippen molar-refractivity contribution in [1.82, 2.24) is 0 Å². The van der Waals surface area contributed by atoms with Gasteiger partial charge in [0.05, 0.1) is 5.41 Å². The first-order valence-corrected chi connectivity index (χ1v) is 16.0. The van der Waals surface area contributed by atoms with Gasteiger partial charge in [-0.2, -0.15) is 0 Å². The van der Waals surface area contributed by atoms with Gasteiger partial charge in [0.25, 0.3) is 0 Å². The third-order valence-electron chi connectivity index (χ3n) is 10.6. The summed E-state index contributed by atoms with van der Waals surface area (Å²) in [5.41, 5.74) is 15.2. The molecule has 2 aliphatic carbocycles. The van der Waals surface area contributed by atoms with E-state index in [4.69, 9.17) is 4.74 Å². The molecule has 0 N–H and O–H groups in total. The molecule has 0 bridgehead atoms. The highest BCUT2D eigenvalue weighted by molar-refractivity contribution is 6.09. The van der Waals surface area contributed by atoms with Gasteiger partial charge < -0.3 is 4.74 Å². The van der Waals surface area contributed by atoms with E-state index in [9.17, 15) is 0 Å². The summed E-state index contributed by atoms with van der Waals surface area (Å²) in [6.07, 6.45) is 0. The van der Waals surface area contributed by atoms with Crippen molar-refractivity contribution in [1.29, 1.82) is 0 Å². The van der Waals surface area contributed by atoms with Crippen molar-refractivity contribution in [3.8, 4) is 56.0 Å². The molecule has 0 fully saturated rings. The minimum Gasteiger partial charge on any atom is -0.456 e. The maximum atomic E-state index is 6.40. The van der Waals surface area contributed by atoms with Crippen molar-refractivity contribution in [2.45, 2.75) is 5.41 Å². The summed E-state index contributed by atoms with van der Waals surface area (Å²) >= 11 is 0. The minimum absolute atomic E-state index is 0.437. The van der Waals surface area contributed by atoms with Gasteiger partial charge in [-0.1, -0.05) is 133 Å². The lowest BCUT2D eigenvalue weighted by molar-refractivity contribution is 0.487. The van der Waals surface area contributed by atoms with Crippen LogP contribution in [0.15, 0.2) is 158 Å². The molecule has 0 saturated carbocycles. The number of ether oxygens (including phenoxy) is 1. The molecule has 1 aliphatic heterocycles. The smallest absolute Gasteiger partial charge is 0.135 e. The van der Waals surface area contributed by atoms with Crippen molar-refractivity contribution >= 4 is 21.5 Å². The van der Waals surface area contributed by atoms with Crippen LogP contribution in [0.5, 0.6) is 11.5 Å². The molecular weight excluding hydrogens is 556 g/mol. The first-order valence-electron chi connectivity index (χ1n) is 16.0. The Morgan fingerprint density at radius 1 is 0.391 bits per heavy atom. The second kappa shape index (κ2) is 8.62. The van der Waals surface area contributed by atoms with Crippen LogP contribution in [0.4, 0.5) is 0 Å². The standard InChI is InChI=1S/C45H26O/c1-2-13-30-27(11-1)23-24-39-43(30)35-16-4-7-20-38(35)45(39)37-19-6-3-14-32(37)34-18-10-17-31(44(34)45)29-25-28-12-9-22-41-42(28)36(26-29)33-15-5-8-21-40(33)46-41/h1-26H. The van der Waals surface area contributed by atoms with Crippen LogP contribution in [0.3, 0.4) is 0 Å². The second-order valence-electron chi connectivity index (χ2n) is 12.8. The van der Waals surface area contributed by atoms with E-state index in [1.165, 1.54) is 82.7 Å². The van der Waals surface area contributed by atoms with Crippen molar-refractivity contribution in [2.24, 2.45) is 0 Å². The molecular formula is C45H26O. The maximum Gasteiger partial charge on any atom is 0.135 e. The highest BCUT2D eigenvalue weighted by atomic mass is 16.5. The van der Waals surface area contributed by atoms with Crippen LogP contribution in [0, 0.1) is 0 Å². The molecule has 1 unspecified atom stereocenters.